The number of nitrogens with zero attached hydrogens (tertiary/aromatic N) is 1. The smallest absolute Gasteiger partial charge is 0.252 e. The van der Waals surface area contributed by atoms with Crippen molar-refractivity contribution in [1.29, 1.82) is 0 Å². The van der Waals surface area contributed by atoms with Gasteiger partial charge in [0, 0.05) is 12.1 Å². The van der Waals surface area contributed by atoms with Crippen LogP contribution in [0.4, 0.5) is 0 Å². The van der Waals surface area contributed by atoms with Crippen LogP contribution >= 0.6 is 0 Å². The number of carbonyl (C=O) groups is 3. The lowest BCUT2D eigenvalue weighted by Crippen LogP contribution is -2.52. The molecule has 2 saturated heterocycles. The zero-order chi connectivity index (χ0) is 22.1. The number of hydrogen-bond acceptors (Lipinski definition) is 5. The zero-order valence-electron chi connectivity index (χ0n) is 17.7. The molecule has 3 fully saturated rings. The summed E-state index contributed by atoms with van der Waals surface area (Å²) in [6, 6.07) is 15.1. The highest BCUT2D eigenvalue weighted by atomic mass is 16.5. The number of Topliss-reactive ketones (excluding diaryl/α,β-unsaturated/α-hetero) is 1. The van der Waals surface area contributed by atoms with Crippen LogP contribution in [-0.4, -0.2) is 53.8 Å². The summed E-state index contributed by atoms with van der Waals surface area (Å²) in [5.74, 6) is 1.10. The number of likely N-dealkylation sites (tertiary alicyclic amines) is 1. The van der Waals surface area contributed by atoms with Crippen LogP contribution in [0.2, 0.25) is 0 Å². The van der Waals surface area contributed by atoms with Gasteiger partial charge in [-0.15, -0.1) is 0 Å². The highest BCUT2D eigenvalue weighted by Crippen LogP contribution is 2.35. The second kappa shape index (κ2) is 8.74. The van der Waals surface area contributed by atoms with Gasteiger partial charge in [0.1, 0.15) is 30.2 Å². The molecule has 0 bridgehead atoms. The number of hydrogen-bond donors (Lipinski definition) is 1. The molecule has 0 radical (unpaired) electrons. The van der Waals surface area contributed by atoms with E-state index in [9.17, 15) is 14.4 Å². The van der Waals surface area contributed by atoms with Crippen LogP contribution in [0.1, 0.15) is 36.0 Å². The summed E-state index contributed by atoms with van der Waals surface area (Å²) < 4.78 is 11.3. The number of ether oxygens (including phenoxy) is 2. The second-order valence-electron chi connectivity index (χ2n) is 8.73. The highest BCUT2D eigenvalue weighted by Gasteiger charge is 2.48. The lowest BCUT2D eigenvalue weighted by atomic mass is 10.1. The van der Waals surface area contributed by atoms with Gasteiger partial charge >= 0.3 is 0 Å². The Morgan fingerprint density at radius 1 is 1.06 bits per heavy atom. The summed E-state index contributed by atoms with van der Waals surface area (Å²) in [4.78, 5) is 40.2. The van der Waals surface area contributed by atoms with E-state index in [0.717, 1.165) is 12.8 Å². The number of fused-ring (bicyclic) bond motifs is 1. The Hall–Kier alpha value is -3.19. The van der Waals surface area contributed by atoms with Crippen molar-refractivity contribution < 1.29 is 23.9 Å². The second-order valence-corrected chi connectivity index (χ2v) is 8.73. The van der Waals surface area contributed by atoms with Gasteiger partial charge in [0.25, 0.3) is 5.91 Å². The van der Waals surface area contributed by atoms with Crippen molar-refractivity contribution in [3.63, 3.8) is 0 Å². The lowest BCUT2D eigenvalue weighted by molar-refractivity contribution is -0.138. The molecule has 0 aromatic heterocycles. The predicted molar refractivity (Wildman–Crippen MR) is 116 cm³/mol. The van der Waals surface area contributed by atoms with Crippen molar-refractivity contribution in [1.82, 2.24) is 10.2 Å². The molecule has 1 aliphatic carbocycles. The lowest BCUT2D eigenvalue weighted by Gasteiger charge is -2.27. The van der Waals surface area contributed by atoms with Gasteiger partial charge in [-0.1, -0.05) is 37.1 Å². The van der Waals surface area contributed by atoms with E-state index in [1.807, 2.05) is 30.3 Å². The van der Waals surface area contributed by atoms with Crippen LogP contribution in [-0.2, 0) is 14.3 Å². The quantitative estimate of drug-likeness (QED) is 0.724. The van der Waals surface area contributed by atoms with Crippen LogP contribution in [0, 0.1) is 5.92 Å². The van der Waals surface area contributed by atoms with Crippen molar-refractivity contribution >= 4 is 17.6 Å². The molecule has 2 heterocycles. The fraction of sp³-hybridized carbons (Fsp3) is 0.400. The van der Waals surface area contributed by atoms with Crippen LogP contribution in [0.25, 0.3) is 0 Å². The Balaban J connectivity index is 1.30. The number of benzene rings is 2. The first kappa shape index (κ1) is 20.7. The Morgan fingerprint density at radius 2 is 1.84 bits per heavy atom. The van der Waals surface area contributed by atoms with E-state index in [0.29, 0.717) is 42.4 Å². The molecule has 0 spiro atoms. The monoisotopic (exact) mass is 434 g/mol. The van der Waals surface area contributed by atoms with E-state index in [-0.39, 0.29) is 30.3 Å². The van der Waals surface area contributed by atoms with E-state index >= 15 is 0 Å². The third kappa shape index (κ3) is 4.39. The molecule has 7 heteroatoms. The minimum atomic E-state index is -0.652. The zero-order valence-corrected chi connectivity index (χ0v) is 17.7. The third-order valence-electron chi connectivity index (χ3n) is 6.34. The van der Waals surface area contributed by atoms with Gasteiger partial charge in [-0.25, -0.2) is 0 Å². The Labute approximate surface area is 186 Å². The molecular weight excluding hydrogens is 408 g/mol. The van der Waals surface area contributed by atoms with Gasteiger partial charge in [0.05, 0.1) is 6.10 Å². The average molecular weight is 434 g/mol. The number of carbonyl (C=O) groups excluding carboxylic acids is 3. The molecule has 7 nitrogen and oxygen atoms in total. The molecule has 2 amide bonds. The van der Waals surface area contributed by atoms with Gasteiger partial charge in [0.15, 0.2) is 5.78 Å². The molecule has 5 rings (SSSR count). The molecule has 2 aromatic rings. The number of nitrogens with one attached hydrogen (secondary N) is 1. The van der Waals surface area contributed by atoms with E-state index < -0.39 is 12.1 Å². The minimum Gasteiger partial charge on any atom is -0.457 e. The molecule has 2 aromatic carbocycles. The van der Waals surface area contributed by atoms with Crippen molar-refractivity contribution in [2.45, 2.75) is 43.9 Å². The first-order chi connectivity index (χ1) is 15.6. The maximum Gasteiger partial charge on any atom is 0.252 e. The van der Waals surface area contributed by atoms with Gasteiger partial charge in [-0.05, 0) is 49.1 Å². The topological polar surface area (TPSA) is 84.9 Å². The molecule has 3 aliphatic rings. The molecule has 1 saturated carbocycles. The summed E-state index contributed by atoms with van der Waals surface area (Å²) in [5, 5.41) is 2.93. The Morgan fingerprint density at radius 3 is 2.62 bits per heavy atom. The fourth-order valence-electron chi connectivity index (χ4n) is 4.52. The number of para-hydroxylation sites is 1. The minimum absolute atomic E-state index is 0.0527. The number of rotatable bonds is 7. The normalized spacial score (nSPS) is 23.0. The SMILES string of the molecule is O=C(NC(CC1CC1)C(=O)N1CCC2OCC(=O)C21)c1cccc(Oc2ccccc2)c1. The van der Waals surface area contributed by atoms with Crippen molar-refractivity contribution in [3.05, 3.63) is 60.2 Å². The standard InChI is InChI=1S/C25H26N2O5/c28-21-15-31-22-11-12-27(23(21)22)25(30)20(13-16-9-10-16)26-24(29)17-5-4-8-19(14-17)32-18-6-2-1-3-7-18/h1-8,14,16,20,22-23H,9-13,15H2,(H,26,29). The van der Waals surface area contributed by atoms with Crippen molar-refractivity contribution in [2.75, 3.05) is 13.2 Å². The molecule has 3 atom stereocenters. The van der Waals surface area contributed by atoms with E-state index in [1.165, 1.54) is 0 Å². The third-order valence-corrected chi connectivity index (χ3v) is 6.34. The van der Waals surface area contributed by atoms with Crippen molar-refractivity contribution in [2.24, 2.45) is 5.92 Å². The Bertz CT molecular complexity index is 1020. The summed E-state index contributed by atoms with van der Waals surface area (Å²) in [6.45, 7) is 0.546. The molecule has 32 heavy (non-hydrogen) atoms. The van der Waals surface area contributed by atoms with Crippen LogP contribution in [0.3, 0.4) is 0 Å². The van der Waals surface area contributed by atoms with Crippen LogP contribution in [0.15, 0.2) is 54.6 Å². The van der Waals surface area contributed by atoms with Gasteiger partial charge in [-0.2, -0.15) is 0 Å². The summed E-state index contributed by atoms with van der Waals surface area (Å²) >= 11 is 0. The van der Waals surface area contributed by atoms with E-state index in [2.05, 4.69) is 5.32 Å². The summed E-state index contributed by atoms with van der Waals surface area (Å²) in [7, 11) is 0. The van der Waals surface area contributed by atoms with Crippen molar-refractivity contribution in [3.8, 4) is 11.5 Å². The predicted octanol–water partition coefficient (Wildman–Crippen LogP) is 2.95. The number of amides is 2. The van der Waals surface area contributed by atoms with Gasteiger partial charge < -0.3 is 19.7 Å². The largest absolute Gasteiger partial charge is 0.457 e. The Kier molecular flexibility index (Phi) is 5.66. The number of ketones is 1. The van der Waals surface area contributed by atoms with Gasteiger partial charge in [-0.3, -0.25) is 14.4 Å². The molecule has 1 N–H and O–H groups in total. The van der Waals surface area contributed by atoms with Gasteiger partial charge in [0.2, 0.25) is 5.91 Å². The molecular formula is C25H26N2O5. The molecule has 166 valence electrons. The first-order valence-corrected chi connectivity index (χ1v) is 11.2. The summed E-state index contributed by atoms with van der Waals surface area (Å²) in [5.41, 5.74) is 0.423. The maximum atomic E-state index is 13.4. The molecule has 2 aliphatic heterocycles. The average Bonchev–Trinajstić information content (AvgIpc) is 3.40. The molecule has 3 unspecified atom stereocenters. The highest BCUT2D eigenvalue weighted by molar-refractivity contribution is 5.99. The maximum absolute atomic E-state index is 13.4. The van der Waals surface area contributed by atoms with E-state index in [1.54, 1.807) is 29.2 Å². The van der Waals surface area contributed by atoms with Crippen LogP contribution in [0.5, 0.6) is 11.5 Å². The fourth-order valence-corrected chi connectivity index (χ4v) is 4.52. The van der Waals surface area contributed by atoms with E-state index in [4.69, 9.17) is 9.47 Å². The summed E-state index contributed by atoms with van der Waals surface area (Å²) in [6.07, 6.45) is 3.16. The first-order valence-electron chi connectivity index (χ1n) is 11.2. The van der Waals surface area contributed by atoms with Crippen LogP contribution < -0.4 is 10.1 Å².